The summed E-state index contributed by atoms with van der Waals surface area (Å²) >= 11 is 0.920. The predicted molar refractivity (Wildman–Crippen MR) is 71.8 cm³/mol. The Labute approximate surface area is 121 Å². The number of aromatic nitrogens is 2. The van der Waals surface area contributed by atoms with Gasteiger partial charge in [-0.2, -0.15) is 13.2 Å². The topological polar surface area (TPSA) is 64.9 Å². The van der Waals surface area contributed by atoms with E-state index in [2.05, 4.69) is 9.97 Å². The molecule has 1 aromatic carbocycles. The van der Waals surface area contributed by atoms with Gasteiger partial charge in [-0.15, -0.1) is 0 Å². The fraction of sp³-hybridized carbons (Fsp3) is 0.0769. The maximum Gasteiger partial charge on any atom is 0.433 e. The van der Waals surface area contributed by atoms with Crippen molar-refractivity contribution in [3.8, 4) is 0 Å². The van der Waals surface area contributed by atoms with Crippen LogP contribution in [0.15, 0.2) is 51.1 Å². The molecule has 0 aliphatic carbocycles. The Kier molecular flexibility index (Phi) is 3.25. The zero-order chi connectivity index (χ0) is 15.0. The number of pyridine rings is 1. The van der Waals surface area contributed by atoms with E-state index in [4.69, 9.17) is 10.2 Å². The van der Waals surface area contributed by atoms with Crippen molar-refractivity contribution in [2.75, 3.05) is 5.73 Å². The summed E-state index contributed by atoms with van der Waals surface area (Å²) in [5.41, 5.74) is 6.25. The first-order chi connectivity index (χ1) is 9.91. The molecular formula is C13H8F3N3OS. The zero-order valence-electron chi connectivity index (χ0n) is 10.4. The molecule has 2 aromatic heterocycles. The largest absolute Gasteiger partial charge is 0.433 e. The molecule has 0 spiro atoms. The number of nitrogens with two attached hydrogens (primary N) is 1. The molecule has 2 N–H and O–H groups in total. The summed E-state index contributed by atoms with van der Waals surface area (Å²) in [6, 6.07) is 8.62. The molecule has 3 rings (SSSR count). The number of nitrogens with zero attached hydrogens (tertiary/aromatic N) is 2. The smallest absolute Gasteiger partial charge is 0.431 e. The van der Waals surface area contributed by atoms with Gasteiger partial charge in [0.2, 0.25) is 0 Å². The van der Waals surface area contributed by atoms with E-state index in [0.29, 0.717) is 16.8 Å². The molecule has 2 heterocycles. The van der Waals surface area contributed by atoms with E-state index >= 15 is 0 Å². The van der Waals surface area contributed by atoms with Crippen LogP contribution >= 0.6 is 11.8 Å². The van der Waals surface area contributed by atoms with E-state index in [-0.39, 0.29) is 10.2 Å². The number of nitrogen functional groups attached to an aromatic ring is 1. The van der Waals surface area contributed by atoms with Crippen molar-refractivity contribution >= 4 is 28.5 Å². The molecule has 0 aliphatic rings. The molecule has 3 aromatic rings. The highest BCUT2D eigenvalue weighted by molar-refractivity contribution is 7.99. The van der Waals surface area contributed by atoms with Crippen LogP contribution in [-0.2, 0) is 6.18 Å². The van der Waals surface area contributed by atoms with E-state index in [1.54, 1.807) is 18.2 Å². The number of rotatable bonds is 2. The lowest BCUT2D eigenvalue weighted by Crippen LogP contribution is -2.07. The van der Waals surface area contributed by atoms with Crippen molar-refractivity contribution in [3.05, 3.63) is 42.1 Å². The Hall–Kier alpha value is -2.22. The Morgan fingerprint density at radius 1 is 1.10 bits per heavy atom. The van der Waals surface area contributed by atoms with Gasteiger partial charge in [-0.1, -0.05) is 6.07 Å². The van der Waals surface area contributed by atoms with Gasteiger partial charge in [-0.3, -0.25) is 0 Å². The number of hydrogen-bond acceptors (Lipinski definition) is 5. The first-order valence-electron chi connectivity index (χ1n) is 5.80. The van der Waals surface area contributed by atoms with Gasteiger partial charge >= 0.3 is 6.18 Å². The van der Waals surface area contributed by atoms with E-state index < -0.39 is 11.9 Å². The van der Waals surface area contributed by atoms with Crippen LogP contribution in [0, 0.1) is 0 Å². The zero-order valence-corrected chi connectivity index (χ0v) is 11.2. The average molecular weight is 311 g/mol. The average Bonchev–Trinajstić information content (AvgIpc) is 2.79. The Morgan fingerprint density at radius 2 is 1.90 bits per heavy atom. The molecule has 0 saturated heterocycles. The highest BCUT2D eigenvalue weighted by Crippen LogP contribution is 2.32. The van der Waals surface area contributed by atoms with Crippen molar-refractivity contribution in [2.24, 2.45) is 0 Å². The van der Waals surface area contributed by atoms with Crippen LogP contribution in [0.5, 0.6) is 0 Å². The molecule has 108 valence electrons. The second-order valence-electron chi connectivity index (χ2n) is 4.17. The third-order valence-corrected chi connectivity index (χ3v) is 3.38. The second kappa shape index (κ2) is 4.96. The minimum atomic E-state index is -4.48. The lowest BCUT2D eigenvalue weighted by atomic mass is 10.3. The van der Waals surface area contributed by atoms with E-state index in [1.165, 1.54) is 12.1 Å². The summed E-state index contributed by atoms with van der Waals surface area (Å²) in [5, 5.41) is 0.367. The maximum atomic E-state index is 12.6. The van der Waals surface area contributed by atoms with Gasteiger partial charge < -0.3 is 10.2 Å². The van der Waals surface area contributed by atoms with Gasteiger partial charge in [0.05, 0.1) is 0 Å². The number of fused-ring (bicyclic) bond motifs is 1. The van der Waals surface area contributed by atoms with Gasteiger partial charge in [0, 0.05) is 11.8 Å². The van der Waals surface area contributed by atoms with Crippen molar-refractivity contribution in [2.45, 2.75) is 16.4 Å². The molecule has 0 radical (unpaired) electrons. The lowest BCUT2D eigenvalue weighted by molar-refractivity contribution is -0.141. The molecule has 21 heavy (non-hydrogen) atoms. The minimum Gasteiger partial charge on any atom is -0.431 e. The number of hydrogen-bond donors (Lipinski definition) is 1. The minimum absolute atomic E-state index is 0.157. The summed E-state index contributed by atoms with van der Waals surface area (Å²) < 4.78 is 43.2. The van der Waals surface area contributed by atoms with E-state index in [9.17, 15) is 13.2 Å². The van der Waals surface area contributed by atoms with Gasteiger partial charge in [0.25, 0.3) is 5.22 Å². The van der Waals surface area contributed by atoms with Crippen molar-refractivity contribution in [1.82, 2.24) is 9.97 Å². The van der Waals surface area contributed by atoms with Gasteiger partial charge in [0.1, 0.15) is 16.2 Å². The predicted octanol–water partition coefficient (Wildman–Crippen LogP) is 3.98. The van der Waals surface area contributed by atoms with Crippen molar-refractivity contribution < 1.29 is 17.6 Å². The van der Waals surface area contributed by atoms with Crippen LogP contribution in [0.25, 0.3) is 11.1 Å². The number of halogens is 3. The number of alkyl halides is 3. The fourth-order valence-corrected chi connectivity index (χ4v) is 2.43. The molecule has 0 atom stereocenters. The molecule has 0 bridgehead atoms. The molecule has 0 aliphatic heterocycles. The van der Waals surface area contributed by atoms with Crippen LogP contribution in [0.4, 0.5) is 18.9 Å². The van der Waals surface area contributed by atoms with E-state index in [0.717, 1.165) is 17.8 Å². The molecular weight excluding hydrogens is 303 g/mol. The van der Waals surface area contributed by atoms with Crippen LogP contribution in [-0.4, -0.2) is 9.97 Å². The summed E-state index contributed by atoms with van der Waals surface area (Å²) in [5.74, 6) is 0. The summed E-state index contributed by atoms with van der Waals surface area (Å²) in [6.45, 7) is 0. The second-order valence-corrected chi connectivity index (χ2v) is 5.14. The van der Waals surface area contributed by atoms with Gasteiger partial charge in [-0.05, 0) is 36.0 Å². The molecule has 0 amide bonds. The highest BCUT2D eigenvalue weighted by atomic mass is 32.2. The summed E-state index contributed by atoms with van der Waals surface area (Å²) in [6.07, 6.45) is -4.48. The normalized spacial score (nSPS) is 12.0. The van der Waals surface area contributed by atoms with Gasteiger partial charge in [-0.25, -0.2) is 9.97 Å². The monoisotopic (exact) mass is 311 g/mol. The fourth-order valence-electron chi connectivity index (χ4n) is 1.68. The highest BCUT2D eigenvalue weighted by Gasteiger charge is 2.32. The van der Waals surface area contributed by atoms with Crippen molar-refractivity contribution in [3.63, 3.8) is 0 Å². The third kappa shape index (κ3) is 2.94. The molecule has 0 fully saturated rings. The quantitative estimate of drug-likeness (QED) is 0.725. The standard InChI is InChI=1S/C13H8F3N3OS/c14-13(15,16)10-2-1-3-11(19-10)21-12-18-8-5-4-7(17)6-9(8)20-12/h1-6H,17H2. The first-order valence-corrected chi connectivity index (χ1v) is 6.62. The SMILES string of the molecule is Nc1ccc2nc(Sc3cccc(C(F)(F)F)n3)oc2c1. The third-order valence-electron chi connectivity index (χ3n) is 2.60. The molecule has 0 saturated carbocycles. The molecule has 0 unspecified atom stereocenters. The Bertz CT molecular complexity index is 801. The summed E-state index contributed by atoms with van der Waals surface area (Å²) in [4.78, 5) is 7.70. The van der Waals surface area contributed by atoms with E-state index in [1.807, 2.05) is 0 Å². The summed E-state index contributed by atoms with van der Waals surface area (Å²) in [7, 11) is 0. The van der Waals surface area contributed by atoms with Gasteiger partial charge in [0.15, 0.2) is 5.58 Å². The Morgan fingerprint density at radius 3 is 2.67 bits per heavy atom. The molecule has 8 heteroatoms. The Balaban J connectivity index is 1.91. The van der Waals surface area contributed by atoms with Crippen LogP contribution in [0.3, 0.4) is 0 Å². The van der Waals surface area contributed by atoms with Crippen molar-refractivity contribution in [1.29, 1.82) is 0 Å². The number of benzene rings is 1. The number of anilines is 1. The van der Waals surface area contributed by atoms with Crippen LogP contribution < -0.4 is 5.73 Å². The first kappa shape index (κ1) is 13.7. The lowest BCUT2D eigenvalue weighted by Gasteiger charge is -2.05. The van der Waals surface area contributed by atoms with Crippen LogP contribution in [0.2, 0.25) is 0 Å². The van der Waals surface area contributed by atoms with Crippen LogP contribution in [0.1, 0.15) is 5.69 Å². The molecule has 4 nitrogen and oxygen atoms in total. The maximum absolute atomic E-state index is 12.6. The number of oxazole rings is 1.